The minimum Gasteiger partial charge on any atom is -0.475 e. The average molecular weight is 222 g/mol. The van der Waals surface area contributed by atoms with Crippen LogP contribution in [0.5, 0.6) is 5.88 Å². The molecule has 4 heteroatoms. The predicted octanol–water partition coefficient (Wildman–Crippen LogP) is 2.03. The van der Waals surface area contributed by atoms with Crippen LogP contribution in [0.1, 0.15) is 33.4 Å². The van der Waals surface area contributed by atoms with Gasteiger partial charge in [0.05, 0.1) is 11.8 Å². The van der Waals surface area contributed by atoms with Crippen molar-refractivity contribution in [1.29, 1.82) is 0 Å². The lowest BCUT2D eigenvalue weighted by Crippen LogP contribution is -2.12. The quantitative estimate of drug-likeness (QED) is 0.765. The molecule has 0 aromatic carbocycles. The Morgan fingerprint density at radius 3 is 2.56 bits per heavy atom. The average Bonchev–Trinajstić information content (AvgIpc) is 2.16. The van der Waals surface area contributed by atoms with Gasteiger partial charge in [0.25, 0.3) is 0 Å². The molecule has 0 bridgehead atoms. The fraction of sp³-hybridized carbons (Fsp3) is 0.583. The molecule has 1 rings (SSSR count). The number of nitrogens with zero attached hydrogens (tertiary/aromatic N) is 2. The van der Waals surface area contributed by atoms with Crippen LogP contribution in [-0.4, -0.2) is 21.9 Å². The minimum atomic E-state index is 0.0319. The van der Waals surface area contributed by atoms with Crippen molar-refractivity contribution in [2.24, 2.45) is 5.92 Å². The van der Waals surface area contributed by atoms with Crippen molar-refractivity contribution in [3.63, 3.8) is 0 Å². The Labute approximate surface area is 96.1 Å². The highest BCUT2D eigenvalue weighted by molar-refractivity contribution is 5.82. The van der Waals surface area contributed by atoms with Crippen molar-refractivity contribution >= 4 is 5.78 Å². The highest BCUT2D eigenvalue weighted by Crippen LogP contribution is 2.11. The Balaban J connectivity index is 2.71. The summed E-state index contributed by atoms with van der Waals surface area (Å²) in [6.07, 6.45) is 1.85. The van der Waals surface area contributed by atoms with Crippen molar-refractivity contribution in [1.82, 2.24) is 9.97 Å². The highest BCUT2D eigenvalue weighted by Gasteiger charge is 2.10. The zero-order valence-electron chi connectivity index (χ0n) is 10.2. The zero-order chi connectivity index (χ0) is 12.1. The van der Waals surface area contributed by atoms with Crippen molar-refractivity contribution in [3.05, 3.63) is 18.1 Å². The molecule has 1 heterocycles. The van der Waals surface area contributed by atoms with Crippen LogP contribution in [0.2, 0.25) is 0 Å². The first-order valence-corrected chi connectivity index (χ1v) is 5.49. The number of ketones is 1. The fourth-order valence-electron chi connectivity index (χ4n) is 1.16. The summed E-state index contributed by atoms with van der Waals surface area (Å²) in [6.45, 7) is 7.63. The summed E-state index contributed by atoms with van der Waals surface area (Å²) in [5.41, 5.74) is 0.712. The van der Waals surface area contributed by atoms with Gasteiger partial charge in [0, 0.05) is 18.4 Å². The van der Waals surface area contributed by atoms with E-state index in [0.29, 0.717) is 18.0 Å². The smallest absolute Gasteiger partial charge is 0.216 e. The van der Waals surface area contributed by atoms with Crippen LogP contribution in [0.3, 0.4) is 0 Å². The molecule has 0 radical (unpaired) electrons. The van der Waals surface area contributed by atoms with E-state index in [9.17, 15) is 4.79 Å². The number of ether oxygens (including phenoxy) is 1. The maximum Gasteiger partial charge on any atom is 0.216 e. The molecule has 0 saturated carbocycles. The molecule has 0 N–H and O–H groups in total. The summed E-state index contributed by atoms with van der Waals surface area (Å²) in [5.74, 6) is 0.732. The van der Waals surface area contributed by atoms with Crippen LogP contribution in [0, 0.1) is 5.92 Å². The molecule has 0 unspecified atom stereocenters. The lowest BCUT2D eigenvalue weighted by Gasteiger charge is -2.09. The minimum absolute atomic E-state index is 0.0319. The third-order valence-corrected chi connectivity index (χ3v) is 2.05. The maximum absolute atomic E-state index is 11.5. The summed E-state index contributed by atoms with van der Waals surface area (Å²) in [4.78, 5) is 19.6. The van der Waals surface area contributed by atoms with Crippen molar-refractivity contribution in [2.45, 2.75) is 40.2 Å². The van der Waals surface area contributed by atoms with Gasteiger partial charge < -0.3 is 4.74 Å². The van der Waals surface area contributed by atoms with Crippen LogP contribution in [0.15, 0.2) is 12.4 Å². The Kier molecular flexibility index (Phi) is 4.40. The van der Waals surface area contributed by atoms with E-state index < -0.39 is 0 Å². The molecule has 0 aliphatic heterocycles. The SMILES string of the molecule is CC(C)Oc1cc(CC(=O)C(C)C)ncn1. The summed E-state index contributed by atoms with van der Waals surface area (Å²) in [5, 5.41) is 0. The lowest BCUT2D eigenvalue weighted by molar-refractivity contribution is -0.121. The van der Waals surface area contributed by atoms with E-state index in [1.807, 2.05) is 27.7 Å². The van der Waals surface area contributed by atoms with Gasteiger partial charge in [-0.2, -0.15) is 0 Å². The maximum atomic E-state index is 11.5. The highest BCUT2D eigenvalue weighted by atomic mass is 16.5. The molecule has 0 spiro atoms. The normalized spacial score (nSPS) is 10.9. The molecular formula is C12H18N2O2. The van der Waals surface area contributed by atoms with E-state index >= 15 is 0 Å². The van der Waals surface area contributed by atoms with E-state index in [2.05, 4.69) is 9.97 Å². The first-order valence-electron chi connectivity index (χ1n) is 5.49. The Morgan fingerprint density at radius 1 is 1.31 bits per heavy atom. The molecule has 0 amide bonds. The number of carbonyl (C=O) groups is 1. The van der Waals surface area contributed by atoms with E-state index in [1.165, 1.54) is 6.33 Å². The Morgan fingerprint density at radius 2 is 2.00 bits per heavy atom. The standard InChI is InChI=1S/C12H18N2O2/c1-8(2)11(15)5-10-6-12(14-7-13-10)16-9(3)4/h6-9H,5H2,1-4H3. The van der Waals surface area contributed by atoms with Gasteiger partial charge in [0.15, 0.2) is 0 Å². The molecular weight excluding hydrogens is 204 g/mol. The van der Waals surface area contributed by atoms with Gasteiger partial charge in [0.2, 0.25) is 5.88 Å². The molecule has 16 heavy (non-hydrogen) atoms. The molecule has 0 aliphatic carbocycles. The molecule has 0 aliphatic rings. The van der Waals surface area contributed by atoms with Crippen LogP contribution >= 0.6 is 0 Å². The monoisotopic (exact) mass is 222 g/mol. The van der Waals surface area contributed by atoms with Gasteiger partial charge in [-0.25, -0.2) is 9.97 Å². The number of rotatable bonds is 5. The molecule has 0 fully saturated rings. The first-order chi connectivity index (χ1) is 7.49. The predicted molar refractivity (Wildman–Crippen MR) is 61.3 cm³/mol. The van der Waals surface area contributed by atoms with Crippen molar-refractivity contribution in [2.75, 3.05) is 0 Å². The number of aromatic nitrogens is 2. The van der Waals surface area contributed by atoms with Crippen LogP contribution < -0.4 is 4.74 Å². The van der Waals surface area contributed by atoms with Crippen LogP contribution in [0.25, 0.3) is 0 Å². The molecule has 1 aromatic heterocycles. The lowest BCUT2D eigenvalue weighted by atomic mass is 10.0. The number of Topliss-reactive ketones (excluding diaryl/α,β-unsaturated/α-hetero) is 1. The van der Waals surface area contributed by atoms with Gasteiger partial charge >= 0.3 is 0 Å². The Hall–Kier alpha value is -1.45. The second-order valence-corrected chi connectivity index (χ2v) is 4.31. The van der Waals surface area contributed by atoms with Crippen LogP contribution in [-0.2, 0) is 11.2 Å². The first kappa shape index (κ1) is 12.6. The molecule has 1 aromatic rings. The second kappa shape index (κ2) is 5.58. The summed E-state index contributed by atoms with van der Waals surface area (Å²) < 4.78 is 5.43. The molecule has 0 saturated heterocycles. The van der Waals surface area contributed by atoms with Crippen LogP contribution in [0.4, 0.5) is 0 Å². The van der Waals surface area contributed by atoms with Gasteiger partial charge in [0.1, 0.15) is 12.1 Å². The van der Waals surface area contributed by atoms with Gasteiger partial charge in [-0.05, 0) is 13.8 Å². The summed E-state index contributed by atoms with van der Waals surface area (Å²) in [7, 11) is 0. The van der Waals surface area contributed by atoms with Gasteiger partial charge in [-0.15, -0.1) is 0 Å². The van der Waals surface area contributed by atoms with E-state index in [1.54, 1.807) is 6.07 Å². The number of hydrogen-bond acceptors (Lipinski definition) is 4. The number of carbonyl (C=O) groups excluding carboxylic acids is 1. The fourth-order valence-corrected chi connectivity index (χ4v) is 1.16. The van der Waals surface area contributed by atoms with Gasteiger partial charge in [-0.3, -0.25) is 4.79 Å². The van der Waals surface area contributed by atoms with Crippen molar-refractivity contribution < 1.29 is 9.53 Å². The van der Waals surface area contributed by atoms with E-state index in [0.717, 1.165) is 0 Å². The molecule has 0 atom stereocenters. The molecule has 88 valence electrons. The van der Waals surface area contributed by atoms with E-state index in [4.69, 9.17) is 4.74 Å². The summed E-state index contributed by atoms with van der Waals surface area (Å²) >= 11 is 0. The van der Waals surface area contributed by atoms with Gasteiger partial charge in [-0.1, -0.05) is 13.8 Å². The largest absolute Gasteiger partial charge is 0.475 e. The third-order valence-electron chi connectivity index (χ3n) is 2.05. The summed E-state index contributed by atoms with van der Waals surface area (Å²) in [6, 6.07) is 1.72. The Bertz CT molecular complexity index is 362. The third kappa shape index (κ3) is 3.96. The topological polar surface area (TPSA) is 52.1 Å². The zero-order valence-corrected chi connectivity index (χ0v) is 10.2. The van der Waals surface area contributed by atoms with E-state index in [-0.39, 0.29) is 17.8 Å². The van der Waals surface area contributed by atoms with Crippen molar-refractivity contribution in [3.8, 4) is 5.88 Å². The second-order valence-electron chi connectivity index (χ2n) is 4.31. The number of hydrogen-bond donors (Lipinski definition) is 0. The molecule has 4 nitrogen and oxygen atoms in total.